The molecule has 4 heteroatoms. The summed E-state index contributed by atoms with van der Waals surface area (Å²) in [5.41, 5.74) is 2.22. The second-order valence-corrected chi connectivity index (χ2v) is 4.10. The van der Waals surface area contributed by atoms with Crippen LogP contribution in [0, 0.1) is 13.8 Å². The number of nitrogens with one attached hydrogen (secondary N) is 2. The summed E-state index contributed by atoms with van der Waals surface area (Å²) in [6.07, 6.45) is 3.97. The Bertz CT molecular complexity index is 331. The molecule has 0 atom stereocenters. The summed E-state index contributed by atoms with van der Waals surface area (Å²) >= 11 is 0. The standard InChI is InChI=1S/C11H18N4/c1-8-9(2)13-7-14-11(8)15-10-3-5-12-6-4-10/h7,10,12H,3-6H2,1-2H3,(H,13,14,15). The zero-order valence-corrected chi connectivity index (χ0v) is 9.38. The van der Waals surface area contributed by atoms with Crippen LogP contribution in [0.5, 0.6) is 0 Å². The van der Waals surface area contributed by atoms with Gasteiger partial charge in [-0.1, -0.05) is 0 Å². The van der Waals surface area contributed by atoms with E-state index >= 15 is 0 Å². The molecule has 1 saturated heterocycles. The van der Waals surface area contributed by atoms with Crippen LogP contribution in [0.15, 0.2) is 6.33 Å². The van der Waals surface area contributed by atoms with Crippen LogP contribution in [0.25, 0.3) is 0 Å². The number of rotatable bonds is 2. The van der Waals surface area contributed by atoms with E-state index in [1.54, 1.807) is 6.33 Å². The summed E-state index contributed by atoms with van der Waals surface area (Å²) in [5.74, 6) is 0.995. The Morgan fingerprint density at radius 1 is 1.27 bits per heavy atom. The molecule has 0 unspecified atom stereocenters. The minimum atomic E-state index is 0.555. The molecule has 2 N–H and O–H groups in total. The summed E-state index contributed by atoms with van der Waals surface area (Å²) in [5, 5.41) is 6.85. The van der Waals surface area contributed by atoms with Gasteiger partial charge in [0.15, 0.2) is 0 Å². The van der Waals surface area contributed by atoms with Crippen molar-refractivity contribution in [3.05, 3.63) is 17.6 Å². The van der Waals surface area contributed by atoms with Gasteiger partial charge < -0.3 is 10.6 Å². The minimum absolute atomic E-state index is 0.555. The molecule has 1 aromatic rings. The Morgan fingerprint density at radius 2 is 2.00 bits per heavy atom. The van der Waals surface area contributed by atoms with Crippen LogP contribution >= 0.6 is 0 Å². The smallest absolute Gasteiger partial charge is 0.132 e. The third kappa shape index (κ3) is 2.45. The molecule has 0 aromatic carbocycles. The fourth-order valence-electron chi connectivity index (χ4n) is 1.84. The molecule has 82 valence electrons. The molecule has 0 aliphatic carbocycles. The van der Waals surface area contributed by atoms with Gasteiger partial charge in [0.25, 0.3) is 0 Å². The molecular formula is C11H18N4. The maximum absolute atomic E-state index is 4.29. The Labute approximate surface area is 90.5 Å². The maximum atomic E-state index is 4.29. The van der Waals surface area contributed by atoms with Crippen molar-refractivity contribution < 1.29 is 0 Å². The largest absolute Gasteiger partial charge is 0.367 e. The normalized spacial score (nSPS) is 17.7. The molecule has 4 nitrogen and oxygen atoms in total. The first-order valence-corrected chi connectivity index (χ1v) is 5.53. The van der Waals surface area contributed by atoms with Gasteiger partial charge >= 0.3 is 0 Å². The average Bonchev–Trinajstić information content (AvgIpc) is 2.26. The van der Waals surface area contributed by atoms with Crippen LogP contribution in [0.4, 0.5) is 5.82 Å². The lowest BCUT2D eigenvalue weighted by Gasteiger charge is -2.24. The monoisotopic (exact) mass is 206 g/mol. The van der Waals surface area contributed by atoms with Gasteiger partial charge in [0.1, 0.15) is 12.1 Å². The van der Waals surface area contributed by atoms with Gasteiger partial charge in [-0.15, -0.1) is 0 Å². The molecule has 2 rings (SSSR count). The third-order valence-corrected chi connectivity index (χ3v) is 3.02. The Morgan fingerprint density at radius 3 is 2.73 bits per heavy atom. The summed E-state index contributed by atoms with van der Waals surface area (Å²) in [7, 11) is 0. The Kier molecular flexibility index (Phi) is 3.16. The molecule has 1 aromatic heterocycles. The van der Waals surface area contributed by atoms with E-state index in [4.69, 9.17) is 0 Å². The summed E-state index contributed by atoms with van der Waals surface area (Å²) < 4.78 is 0. The molecule has 1 aliphatic heterocycles. The lowest BCUT2D eigenvalue weighted by Crippen LogP contribution is -2.35. The highest BCUT2D eigenvalue weighted by atomic mass is 15.1. The highest BCUT2D eigenvalue weighted by Crippen LogP contribution is 2.16. The number of nitrogens with zero attached hydrogens (tertiary/aromatic N) is 2. The zero-order valence-electron chi connectivity index (χ0n) is 9.38. The van der Waals surface area contributed by atoms with E-state index in [0.717, 1.165) is 30.2 Å². The second kappa shape index (κ2) is 4.57. The lowest BCUT2D eigenvalue weighted by molar-refractivity contribution is 0.478. The van der Waals surface area contributed by atoms with Crippen molar-refractivity contribution in [3.8, 4) is 0 Å². The molecule has 0 saturated carbocycles. The van der Waals surface area contributed by atoms with Crippen LogP contribution < -0.4 is 10.6 Å². The van der Waals surface area contributed by atoms with Crippen molar-refractivity contribution in [2.45, 2.75) is 32.7 Å². The highest BCUT2D eigenvalue weighted by molar-refractivity contribution is 5.45. The van der Waals surface area contributed by atoms with Crippen LogP contribution in [0.1, 0.15) is 24.1 Å². The molecule has 0 amide bonds. The first-order chi connectivity index (χ1) is 7.27. The van der Waals surface area contributed by atoms with Gasteiger partial charge in [0, 0.05) is 17.3 Å². The van der Waals surface area contributed by atoms with Crippen molar-refractivity contribution in [2.24, 2.45) is 0 Å². The van der Waals surface area contributed by atoms with Gasteiger partial charge in [-0.25, -0.2) is 9.97 Å². The lowest BCUT2D eigenvalue weighted by atomic mass is 10.1. The van der Waals surface area contributed by atoms with Crippen molar-refractivity contribution in [1.82, 2.24) is 15.3 Å². The van der Waals surface area contributed by atoms with Crippen molar-refractivity contribution in [2.75, 3.05) is 18.4 Å². The highest BCUT2D eigenvalue weighted by Gasteiger charge is 2.14. The first kappa shape index (κ1) is 10.4. The van der Waals surface area contributed by atoms with Crippen molar-refractivity contribution >= 4 is 5.82 Å². The number of hydrogen-bond acceptors (Lipinski definition) is 4. The second-order valence-electron chi connectivity index (χ2n) is 4.10. The van der Waals surface area contributed by atoms with Gasteiger partial charge in [0.05, 0.1) is 0 Å². The topological polar surface area (TPSA) is 49.8 Å². The predicted octanol–water partition coefficient (Wildman–Crippen LogP) is 1.26. The number of aryl methyl sites for hydroxylation is 1. The van der Waals surface area contributed by atoms with E-state index in [1.165, 1.54) is 12.8 Å². The fraction of sp³-hybridized carbons (Fsp3) is 0.636. The number of hydrogen-bond donors (Lipinski definition) is 2. The summed E-state index contributed by atoms with van der Waals surface area (Å²) in [6.45, 7) is 6.28. The van der Waals surface area contributed by atoms with Crippen LogP contribution in [0.3, 0.4) is 0 Å². The van der Waals surface area contributed by atoms with Gasteiger partial charge in [-0.3, -0.25) is 0 Å². The van der Waals surface area contributed by atoms with E-state index in [9.17, 15) is 0 Å². The van der Waals surface area contributed by atoms with E-state index in [0.29, 0.717) is 6.04 Å². The first-order valence-electron chi connectivity index (χ1n) is 5.53. The molecule has 15 heavy (non-hydrogen) atoms. The van der Waals surface area contributed by atoms with Gasteiger partial charge in [0.2, 0.25) is 0 Å². The summed E-state index contributed by atoms with van der Waals surface area (Å²) in [6, 6.07) is 0.555. The molecule has 2 heterocycles. The van der Waals surface area contributed by atoms with E-state index in [2.05, 4.69) is 27.5 Å². The summed E-state index contributed by atoms with van der Waals surface area (Å²) in [4.78, 5) is 8.46. The van der Waals surface area contributed by atoms with Crippen molar-refractivity contribution in [3.63, 3.8) is 0 Å². The number of anilines is 1. The molecule has 0 bridgehead atoms. The van der Waals surface area contributed by atoms with Crippen LogP contribution in [-0.2, 0) is 0 Å². The molecule has 0 radical (unpaired) electrons. The number of piperidine rings is 1. The third-order valence-electron chi connectivity index (χ3n) is 3.02. The van der Waals surface area contributed by atoms with Crippen LogP contribution in [-0.4, -0.2) is 29.1 Å². The Hall–Kier alpha value is -1.16. The quantitative estimate of drug-likeness (QED) is 0.765. The maximum Gasteiger partial charge on any atom is 0.132 e. The van der Waals surface area contributed by atoms with E-state index in [-0.39, 0.29) is 0 Å². The SMILES string of the molecule is Cc1ncnc(NC2CCNCC2)c1C. The number of aromatic nitrogens is 2. The molecule has 1 aliphatic rings. The fourth-order valence-corrected chi connectivity index (χ4v) is 1.84. The molecular weight excluding hydrogens is 188 g/mol. The average molecular weight is 206 g/mol. The predicted molar refractivity (Wildman–Crippen MR) is 61.0 cm³/mol. The molecule has 0 spiro atoms. The van der Waals surface area contributed by atoms with Crippen LogP contribution in [0.2, 0.25) is 0 Å². The van der Waals surface area contributed by atoms with E-state index < -0.39 is 0 Å². The molecule has 1 fully saturated rings. The zero-order chi connectivity index (χ0) is 10.7. The van der Waals surface area contributed by atoms with E-state index in [1.807, 2.05) is 6.92 Å². The minimum Gasteiger partial charge on any atom is -0.367 e. The van der Waals surface area contributed by atoms with Gasteiger partial charge in [-0.2, -0.15) is 0 Å². The van der Waals surface area contributed by atoms with Crippen molar-refractivity contribution in [1.29, 1.82) is 0 Å². The van der Waals surface area contributed by atoms with Gasteiger partial charge in [-0.05, 0) is 39.8 Å². The Balaban J connectivity index is 2.06.